The Balaban J connectivity index is 1.85. The largest absolute Gasteiger partial charge is 0.359 e. The van der Waals surface area contributed by atoms with Crippen molar-refractivity contribution in [1.29, 1.82) is 0 Å². The van der Waals surface area contributed by atoms with E-state index in [-0.39, 0.29) is 24.9 Å². The summed E-state index contributed by atoms with van der Waals surface area (Å²) in [5, 5.41) is 3.84. The Labute approximate surface area is 134 Å². The lowest BCUT2D eigenvalue weighted by molar-refractivity contribution is -0.155. The highest BCUT2D eigenvalue weighted by Gasteiger charge is 2.38. The predicted octanol–water partition coefficient (Wildman–Crippen LogP) is 1.39. The molecule has 6 nitrogen and oxygen atoms in total. The average Bonchev–Trinajstić information content (AvgIpc) is 2.95. The molecule has 120 valence electrons. The smallest absolute Gasteiger partial charge is 0.245 e. The molecule has 1 fully saturated rings. The van der Waals surface area contributed by atoms with Crippen LogP contribution in [-0.2, 0) is 22.6 Å². The first-order chi connectivity index (χ1) is 11.0. The van der Waals surface area contributed by atoms with Gasteiger partial charge in [-0.05, 0) is 12.5 Å². The summed E-state index contributed by atoms with van der Waals surface area (Å²) >= 11 is 0. The minimum absolute atomic E-state index is 0.0512. The Morgan fingerprint density at radius 1 is 1.26 bits per heavy atom. The summed E-state index contributed by atoms with van der Waals surface area (Å²) < 4.78 is 5.21. The van der Waals surface area contributed by atoms with Gasteiger partial charge in [-0.1, -0.05) is 35.5 Å². The fraction of sp³-hybridized carbons (Fsp3) is 0.353. The van der Waals surface area contributed by atoms with Gasteiger partial charge in [-0.25, -0.2) is 0 Å². The molecule has 0 unspecified atom stereocenters. The second-order valence-corrected chi connectivity index (χ2v) is 5.86. The van der Waals surface area contributed by atoms with Gasteiger partial charge in [0.05, 0.1) is 18.8 Å². The van der Waals surface area contributed by atoms with E-state index in [1.54, 1.807) is 18.0 Å². The van der Waals surface area contributed by atoms with Gasteiger partial charge in [-0.3, -0.25) is 9.59 Å². The summed E-state index contributed by atoms with van der Waals surface area (Å²) in [4.78, 5) is 28.1. The number of benzene rings is 1. The first-order valence-corrected chi connectivity index (χ1v) is 7.55. The van der Waals surface area contributed by atoms with Crippen molar-refractivity contribution < 1.29 is 14.1 Å². The molecule has 0 spiro atoms. The Bertz CT molecular complexity index is 711. The van der Waals surface area contributed by atoms with E-state index in [2.05, 4.69) is 5.16 Å². The predicted molar refractivity (Wildman–Crippen MR) is 83.4 cm³/mol. The SMILES string of the molecule is Cc1cc(CN2C(=O)CN(C)C(=O)[C@@H]2Cc2ccccc2)on1. The van der Waals surface area contributed by atoms with Gasteiger partial charge in [0.15, 0.2) is 5.76 Å². The fourth-order valence-corrected chi connectivity index (χ4v) is 2.83. The number of hydrogen-bond donors (Lipinski definition) is 0. The number of likely N-dealkylation sites (N-methyl/N-ethyl adjacent to an activating group) is 1. The second kappa shape index (κ2) is 6.24. The highest BCUT2D eigenvalue weighted by molar-refractivity contribution is 5.94. The van der Waals surface area contributed by atoms with E-state index in [0.717, 1.165) is 11.3 Å². The highest BCUT2D eigenvalue weighted by atomic mass is 16.5. The van der Waals surface area contributed by atoms with Crippen LogP contribution >= 0.6 is 0 Å². The van der Waals surface area contributed by atoms with Crippen LogP contribution in [0.5, 0.6) is 0 Å². The molecule has 2 heterocycles. The maximum absolute atomic E-state index is 12.6. The van der Waals surface area contributed by atoms with E-state index in [9.17, 15) is 9.59 Å². The van der Waals surface area contributed by atoms with E-state index in [4.69, 9.17) is 4.52 Å². The van der Waals surface area contributed by atoms with Gasteiger partial charge in [0.25, 0.3) is 0 Å². The van der Waals surface area contributed by atoms with E-state index in [1.165, 1.54) is 4.90 Å². The molecule has 1 aliphatic rings. The van der Waals surface area contributed by atoms with E-state index in [0.29, 0.717) is 12.2 Å². The zero-order valence-corrected chi connectivity index (χ0v) is 13.2. The Kier molecular flexibility index (Phi) is 4.14. The van der Waals surface area contributed by atoms with Crippen molar-refractivity contribution in [2.24, 2.45) is 0 Å². The third kappa shape index (κ3) is 3.26. The topological polar surface area (TPSA) is 66.7 Å². The van der Waals surface area contributed by atoms with Crippen molar-refractivity contribution in [2.45, 2.75) is 25.9 Å². The minimum Gasteiger partial charge on any atom is -0.359 e. The highest BCUT2D eigenvalue weighted by Crippen LogP contribution is 2.19. The monoisotopic (exact) mass is 313 g/mol. The van der Waals surface area contributed by atoms with Gasteiger partial charge >= 0.3 is 0 Å². The number of piperazine rings is 1. The van der Waals surface area contributed by atoms with Crippen molar-refractivity contribution in [3.8, 4) is 0 Å². The minimum atomic E-state index is -0.519. The van der Waals surface area contributed by atoms with E-state index >= 15 is 0 Å². The Hall–Kier alpha value is -2.63. The molecule has 0 radical (unpaired) electrons. The van der Waals surface area contributed by atoms with Gasteiger partial charge in [0, 0.05) is 19.5 Å². The summed E-state index contributed by atoms with van der Waals surface area (Å²) in [6.07, 6.45) is 0.489. The summed E-state index contributed by atoms with van der Waals surface area (Å²) in [6, 6.07) is 11.0. The van der Waals surface area contributed by atoms with E-state index in [1.807, 2.05) is 37.3 Å². The average molecular weight is 313 g/mol. The van der Waals surface area contributed by atoms with Crippen LogP contribution in [0.25, 0.3) is 0 Å². The van der Waals surface area contributed by atoms with Crippen LogP contribution in [0.4, 0.5) is 0 Å². The van der Waals surface area contributed by atoms with Crippen LogP contribution in [0.3, 0.4) is 0 Å². The third-order valence-corrected chi connectivity index (χ3v) is 4.01. The molecule has 1 saturated heterocycles. The number of aryl methyl sites for hydroxylation is 1. The second-order valence-electron chi connectivity index (χ2n) is 5.86. The number of hydrogen-bond acceptors (Lipinski definition) is 4. The lowest BCUT2D eigenvalue weighted by Crippen LogP contribution is -2.59. The molecule has 6 heteroatoms. The number of aromatic nitrogens is 1. The molecule has 23 heavy (non-hydrogen) atoms. The molecule has 0 N–H and O–H groups in total. The van der Waals surface area contributed by atoms with Crippen molar-refractivity contribution in [1.82, 2.24) is 15.0 Å². The molecule has 1 aromatic heterocycles. The molecule has 1 atom stereocenters. The Morgan fingerprint density at radius 3 is 2.65 bits per heavy atom. The van der Waals surface area contributed by atoms with Gasteiger partial charge in [0.2, 0.25) is 11.8 Å². The lowest BCUT2D eigenvalue weighted by Gasteiger charge is -2.38. The molecule has 3 rings (SSSR count). The molecule has 0 aliphatic carbocycles. The van der Waals surface area contributed by atoms with Crippen molar-refractivity contribution in [3.63, 3.8) is 0 Å². The van der Waals surface area contributed by atoms with Gasteiger partial charge in [-0.15, -0.1) is 0 Å². The normalized spacial score (nSPS) is 18.6. The Morgan fingerprint density at radius 2 is 2.00 bits per heavy atom. The molecule has 1 aromatic carbocycles. The lowest BCUT2D eigenvalue weighted by atomic mass is 10.0. The summed E-state index contributed by atoms with van der Waals surface area (Å²) in [6.45, 7) is 2.18. The summed E-state index contributed by atoms with van der Waals surface area (Å²) in [5.41, 5.74) is 1.78. The molecular weight excluding hydrogens is 294 g/mol. The van der Waals surface area contributed by atoms with Crippen LogP contribution in [0.1, 0.15) is 17.0 Å². The first-order valence-electron chi connectivity index (χ1n) is 7.55. The molecular formula is C17H19N3O3. The van der Waals surface area contributed by atoms with Crippen molar-refractivity contribution >= 4 is 11.8 Å². The third-order valence-electron chi connectivity index (χ3n) is 4.01. The standard InChI is InChI=1S/C17H19N3O3/c1-12-8-14(23-18-12)10-20-15(9-13-6-4-3-5-7-13)17(22)19(2)11-16(20)21/h3-8,15H,9-11H2,1-2H3/t15-/m0/s1. The van der Waals surface area contributed by atoms with Gasteiger partial charge in [-0.2, -0.15) is 0 Å². The zero-order chi connectivity index (χ0) is 16.4. The summed E-state index contributed by atoms with van der Waals surface area (Å²) in [7, 11) is 1.66. The number of carbonyl (C=O) groups is 2. The number of amides is 2. The number of rotatable bonds is 4. The number of nitrogens with zero attached hydrogens (tertiary/aromatic N) is 3. The molecule has 1 aliphatic heterocycles. The van der Waals surface area contributed by atoms with Crippen LogP contribution in [0, 0.1) is 6.92 Å². The van der Waals surface area contributed by atoms with Crippen LogP contribution < -0.4 is 0 Å². The van der Waals surface area contributed by atoms with Crippen LogP contribution in [-0.4, -0.2) is 46.4 Å². The first kappa shape index (κ1) is 15.3. The quantitative estimate of drug-likeness (QED) is 0.855. The fourth-order valence-electron chi connectivity index (χ4n) is 2.83. The van der Waals surface area contributed by atoms with Crippen LogP contribution in [0.15, 0.2) is 40.9 Å². The molecule has 0 saturated carbocycles. The zero-order valence-electron chi connectivity index (χ0n) is 13.2. The van der Waals surface area contributed by atoms with E-state index < -0.39 is 6.04 Å². The molecule has 2 amide bonds. The van der Waals surface area contributed by atoms with Gasteiger partial charge in [0.1, 0.15) is 6.04 Å². The van der Waals surface area contributed by atoms with Crippen molar-refractivity contribution in [2.75, 3.05) is 13.6 Å². The van der Waals surface area contributed by atoms with Gasteiger partial charge < -0.3 is 14.3 Å². The molecule has 2 aromatic rings. The maximum Gasteiger partial charge on any atom is 0.245 e. The van der Waals surface area contributed by atoms with Crippen LogP contribution in [0.2, 0.25) is 0 Å². The number of carbonyl (C=O) groups excluding carboxylic acids is 2. The summed E-state index contributed by atoms with van der Waals surface area (Å²) in [5.74, 6) is 0.457. The van der Waals surface area contributed by atoms with Crippen molar-refractivity contribution in [3.05, 3.63) is 53.4 Å². The maximum atomic E-state index is 12.6. The molecule has 0 bridgehead atoms.